The van der Waals surface area contributed by atoms with Crippen LogP contribution in [-0.2, 0) is 32.6 Å². The Morgan fingerprint density at radius 3 is 2.02 bits per heavy atom. The minimum absolute atomic E-state index is 0.118. The summed E-state index contributed by atoms with van der Waals surface area (Å²) in [7, 11) is -1.51. The van der Waals surface area contributed by atoms with Gasteiger partial charge in [0.25, 0.3) is 10.0 Å². The Balaban J connectivity index is 1.84. The summed E-state index contributed by atoms with van der Waals surface area (Å²) in [5.74, 6) is -0.479. The van der Waals surface area contributed by atoms with Gasteiger partial charge in [0.05, 0.1) is 24.8 Å². The van der Waals surface area contributed by atoms with Crippen LogP contribution in [0.2, 0.25) is 10.0 Å². The van der Waals surface area contributed by atoms with Crippen molar-refractivity contribution in [3.8, 4) is 11.5 Å². The Bertz CT molecular complexity index is 1790. The molecular weight excluding hydrogens is 673 g/mol. The lowest BCUT2D eigenvalue weighted by molar-refractivity contribution is -0.140. The van der Waals surface area contributed by atoms with Crippen molar-refractivity contribution in [2.24, 2.45) is 0 Å². The van der Waals surface area contributed by atoms with Gasteiger partial charge in [-0.15, -0.1) is 0 Å². The highest BCUT2D eigenvalue weighted by molar-refractivity contribution is 7.92. The number of para-hydroxylation sites is 1. The van der Waals surface area contributed by atoms with Crippen LogP contribution in [0, 0.1) is 0 Å². The van der Waals surface area contributed by atoms with Gasteiger partial charge < -0.3 is 19.7 Å². The van der Waals surface area contributed by atoms with Crippen molar-refractivity contribution in [3.63, 3.8) is 0 Å². The second-order valence-electron chi connectivity index (χ2n) is 11.1. The average Bonchev–Trinajstić information content (AvgIpc) is 3.09. The van der Waals surface area contributed by atoms with Crippen LogP contribution in [-0.4, -0.2) is 58.0 Å². The van der Waals surface area contributed by atoms with E-state index in [0.29, 0.717) is 27.8 Å². The molecule has 0 saturated heterocycles. The number of hydrogen-bond acceptors (Lipinski definition) is 6. The number of anilines is 1. The first-order chi connectivity index (χ1) is 23.0. The molecule has 0 fully saturated rings. The van der Waals surface area contributed by atoms with E-state index in [1.807, 2.05) is 44.2 Å². The van der Waals surface area contributed by atoms with E-state index < -0.39 is 34.4 Å². The first-order valence-electron chi connectivity index (χ1n) is 15.4. The lowest BCUT2D eigenvalue weighted by atomic mass is 10.0. The maximum atomic E-state index is 14.7. The highest BCUT2D eigenvalue weighted by atomic mass is 35.5. The molecule has 2 amide bonds. The third-order valence-corrected chi connectivity index (χ3v) is 10.4. The predicted octanol–water partition coefficient (Wildman–Crippen LogP) is 6.76. The number of rotatable bonds is 15. The normalized spacial score (nSPS) is 12.5. The Morgan fingerprint density at radius 1 is 0.833 bits per heavy atom. The first kappa shape index (κ1) is 36.6. The van der Waals surface area contributed by atoms with Crippen molar-refractivity contribution < 1.29 is 27.5 Å². The highest BCUT2D eigenvalue weighted by Crippen LogP contribution is 2.33. The molecule has 0 heterocycles. The zero-order chi connectivity index (χ0) is 34.8. The third-order valence-electron chi connectivity index (χ3n) is 7.93. The van der Waals surface area contributed by atoms with Crippen molar-refractivity contribution in [2.45, 2.75) is 50.2 Å². The van der Waals surface area contributed by atoms with E-state index in [4.69, 9.17) is 32.7 Å². The van der Waals surface area contributed by atoms with Crippen molar-refractivity contribution in [2.75, 3.05) is 25.1 Å². The molecule has 0 saturated carbocycles. The molecule has 0 aromatic heterocycles. The molecule has 0 aliphatic carbocycles. The molecule has 0 bridgehead atoms. The summed E-state index contributed by atoms with van der Waals surface area (Å²) in [6.07, 6.45) is 0.824. The van der Waals surface area contributed by atoms with Gasteiger partial charge in [-0.2, -0.15) is 0 Å². The van der Waals surface area contributed by atoms with Crippen molar-refractivity contribution in [1.82, 2.24) is 10.2 Å². The van der Waals surface area contributed by atoms with Gasteiger partial charge in [-0.05, 0) is 55.3 Å². The third kappa shape index (κ3) is 8.80. The molecule has 0 aliphatic rings. The number of sulfonamides is 1. The number of nitrogens with zero attached hydrogens (tertiary/aromatic N) is 2. The number of benzene rings is 4. The number of amides is 2. The van der Waals surface area contributed by atoms with Crippen LogP contribution in [0.3, 0.4) is 0 Å². The van der Waals surface area contributed by atoms with E-state index in [9.17, 15) is 18.0 Å². The largest absolute Gasteiger partial charge is 0.493 e. The first-order valence-corrected chi connectivity index (χ1v) is 17.6. The fraction of sp³-hybridized carbons (Fsp3) is 0.278. The van der Waals surface area contributed by atoms with E-state index in [1.54, 1.807) is 48.5 Å². The Labute approximate surface area is 292 Å². The fourth-order valence-corrected chi connectivity index (χ4v) is 7.02. The second kappa shape index (κ2) is 16.7. The summed E-state index contributed by atoms with van der Waals surface area (Å²) in [6, 6.07) is 25.6. The molecule has 254 valence electrons. The van der Waals surface area contributed by atoms with Crippen molar-refractivity contribution >= 4 is 50.7 Å². The molecule has 2 unspecified atom stereocenters. The summed E-state index contributed by atoms with van der Waals surface area (Å²) in [5, 5.41) is 3.62. The molecular formula is C36H39Cl2N3O6S. The lowest BCUT2D eigenvalue weighted by Gasteiger charge is -2.34. The maximum Gasteiger partial charge on any atom is 0.264 e. The second-order valence-corrected chi connectivity index (χ2v) is 13.8. The van der Waals surface area contributed by atoms with Crippen LogP contribution in [0.4, 0.5) is 5.69 Å². The van der Waals surface area contributed by atoms with Crippen LogP contribution >= 0.6 is 23.2 Å². The molecule has 0 aliphatic heterocycles. The molecule has 0 radical (unpaired) electrons. The van der Waals surface area contributed by atoms with E-state index in [-0.39, 0.29) is 35.3 Å². The molecule has 2 atom stereocenters. The standard InChI is InChI=1S/C36H39Cl2N3O6S/c1-5-25(2)39-36(43)32(21-26-13-8-6-9-14-26)40(23-29-30(37)17-12-18-31(29)38)35(42)24-41(27-15-10-7-11-16-27)48(44,45)28-19-20-33(46-3)34(22-28)47-4/h6-20,22,25,32H,5,21,23-24H2,1-4H3,(H,39,43). The quantitative estimate of drug-likeness (QED) is 0.146. The van der Waals surface area contributed by atoms with E-state index in [2.05, 4.69) is 5.32 Å². The van der Waals surface area contributed by atoms with Gasteiger partial charge in [0.15, 0.2) is 11.5 Å². The number of ether oxygens (including phenoxy) is 2. The number of nitrogens with one attached hydrogen (secondary N) is 1. The summed E-state index contributed by atoms with van der Waals surface area (Å²) < 4.78 is 40.4. The Kier molecular flexibility index (Phi) is 12.7. The molecule has 4 aromatic rings. The predicted molar refractivity (Wildman–Crippen MR) is 189 cm³/mol. The summed E-state index contributed by atoms with van der Waals surface area (Å²) in [5.41, 5.74) is 1.49. The van der Waals surface area contributed by atoms with E-state index >= 15 is 0 Å². The maximum absolute atomic E-state index is 14.7. The van der Waals surface area contributed by atoms with Gasteiger partial charge in [-0.3, -0.25) is 13.9 Å². The zero-order valence-electron chi connectivity index (χ0n) is 27.2. The van der Waals surface area contributed by atoms with Crippen molar-refractivity contribution in [1.29, 1.82) is 0 Å². The summed E-state index contributed by atoms with van der Waals surface area (Å²) in [6.45, 7) is 3.04. The van der Waals surface area contributed by atoms with Gasteiger partial charge in [0.1, 0.15) is 12.6 Å². The molecule has 4 rings (SSSR count). The van der Waals surface area contributed by atoms with Crippen LogP contribution in [0.25, 0.3) is 0 Å². The van der Waals surface area contributed by atoms with E-state index in [0.717, 1.165) is 9.87 Å². The van der Waals surface area contributed by atoms with Crippen molar-refractivity contribution in [3.05, 3.63) is 118 Å². The van der Waals surface area contributed by atoms with Crippen LogP contribution in [0.15, 0.2) is 102 Å². The number of hydrogen-bond donors (Lipinski definition) is 1. The average molecular weight is 713 g/mol. The molecule has 4 aromatic carbocycles. The molecule has 12 heteroatoms. The van der Waals surface area contributed by atoms with Gasteiger partial charge in [-0.1, -0.05) is 84.7 Å². The smallest absolute Gasteiger partial charge is 0.264 e. The number of carbonyl (C=O) groups excluding carboxylic acids is 2. The summed E-state index contributed by atoms with van der Waals surface area (Å²) in [4.78, 5) is 29.9. The van der Waals surface area contributed by atoms with Crippen LogP contribution in [0.1, 0.15) is 31.4 Å². The zero-order valence-corrected chi connectivity index (χ0v) is 29.6. The topological polar surface area (TPSA) is 105 Å². The monoisotopic (exact) mass is 711 g/mol. The molecule has 9 nitrogen and oxygen atoms in total. The summed E-state index contributed by atoms with van der Waals surface area (Å²) >= 11 is 13.2. The number of halogens is 2. The van der Waals surface area contributed by atoms with Gasteiger partial charge in [0.2, 0.25) is 11.8 Å². The molecule has 48 heavy (non-hydrogen) atoms. The Morgan fingerprint density at radius 2 is 1.44 bits per heavy atom. The number of carbonyl (C=O) groups is 2. The van der Waals surface area contributed by atoms with Gasteiger partial charge in [0, 0.05) is 40.7 Å². The number of methoxy groups -OCH3 is 2. The highest BCUT2D eigenvalue weighted by Gasteiger charge is 2.35. The van der Waals surface area contributed by atoms with Crippen LogP contribution < -0.4 is 19.1 Å². The molecule has 1 N–H and O–H groups in total. The van der Waals surface area contributed by atoms with E-state index in [1.165, 1.54) is 37.3 Å². The minimum Gasteiger partial charge on any atom is -0.493 e. The van der Waals surface area contributed by atoms with Crippen LogP contribution in [0.5, 0.6) is 11.5 Å². The van der Waals surface area contributed by atoms with Gasteiger partial charge >= 0.3 is 0 Å². The molecule has 0 spiro atoms. The SMILES string of the molecule is CCC(C)NC(=O)C(Cc1ccccc1)N(Cc1c(Cl)cccc1Cl)C(=O)CN(c1ccccc1)S(=O)(=O)c1ccc(OC)c(OC)c1. The minimum atomic E-state index is -4.36. The lowest BCUT2D eigenvalue weighted by Crippen LogP contribution is -2.54. The fourth-order valence-electron chi connectivity index (χ4n) is 5.08. The Hall–Kier alpha value is -4.25. The van der Waals surface area contributed by atoms with Gasteiger partial charge in [-0.25, -0.2) is 8.42 Å².